The summed E-state index contributed by atoms with van der Waals surface area (Å²) in [6.45, 7) is 9.04. The number of aliphatic hydroxyl groups is 1. The van der Waals surface area contributed by atoms with Gasteiger partial charge in [-0.3, -0.25) is 0 Å². The van der Waals surface area contributed by atoms with Gasteiger partial charge < -0.3 is 10.4 Å². The topological polar surface area (TPSA) is 32.3 Å². The largest absolute Gasteiger partial charge is 0.395 e. The summed E-state index contributed by atoms with van der Waals surface area (Å²) < 4.78 is 0. The second-order valence-corrected chi connectivity index (χ2v) is 4.33. The van der Waals surface area contributed by atoms with Crippen molar-refractivity contribution in [2.45, 2.75) is 59.0 Å². The minimum Gasteiger partial charge on any atom is -0.395 e. The maximum atomic E-state index is 8.99. The molecule has 0 saturated heterocycles. The number of nitrogens with one attached hydrogen (secondary N) is 1. The summed E-state index contributed by atoms with van der Waals surface area (Å²) in [6.07, 6.45) is 3.46. The highest BCUT2D eigenvalue weighted by molar-refractivity contribution is 4.69. The predicted octanol–water partition coefficient (Wildman–Crippen LogP) is 2.17. The fourth-order valence-electron chi connectivity index (χ4n) is 1.37. The van der Waals surface area contributed by atoms with Crippen LogP contribution in [-0.4, -0.2) is 23.8 Å². The Hall–Kier alpha value is -0.0800. The maximum Gasteiger partial charge on any atom is 0.0584 e. The molecule has 0 rings (SSSR count). The molecule has 2 atom stereocenters. The molecule has 0 spiro atoms. The van der Waals surface area contributed by atoms with Crippen LogP contribution < -0.4 is 5.32 Å². The van der Waals surface area contributed by atoms with Gasteiger partial charge in [-0.15, -0.1) is 0 Å². The van der Waals surface area contributed by atoms with E-state index in [-0.39, 0.29) is 12.6 Å². The third-order valence-corrected chi connectivity index (χ3v) is 2.41. The van der Waals surface area contributed by atoms with Crippen LogP contribution in [0.1, 0.15) is 47.0 Å². The summed E-state index contributed by atoms with van der Waals surface area (Å²) in [5.74, 6) is 0.776. The van der Waals surface area contributed by atoms with Crippen LogP contribution >= 0.6 is 0 Å². The van der Waals surface area contributed by atoms with Crippen LogP contribution in [-0.2, 0) is 0 Å². The fourth-order valence-corrected chi connectivity index (χ4v) is 1.37. The lowest BCUT2D eigenvalue weighted by molar-refractivity contribution is 0.226. The Morgan fingerprint density at radius 1 is 1.15 bits per heavy atom. The van der Waals surface area contributed by atoms with Crippen LogP contribution in [0, 0.1) is 5.92 Å². The van der Waals surface area contributed by atoms with E-state index in [0.29, 0.717) is 6.04 Å². The van der Waals surface area contributed by atoms with Gasteiger partial charge in [0.2, 0.25) is 0 Å². The van der Waals surface area contributed by atoms with E-state index in [1.54, 1.807) is 0 Å². The summed E-state index contributed by atoms with van der Waals surface area (Å²) in [4.78, 5) is 0. The smallest absolute Gasteiger partial charge is 0.0584 e. The van der Waals surface area contributed by atoms with E-state index in [0.717, 1.165) is 12.3 Å². The zero-order valence-corrected chi connectivity index (χ0v) is 9.51. The van der Waals surface area contributed by atoms with Gasteiger partial charge in [-0.25, -0.2) is 0 Å². The minimum atomic E-state index is 0.252. The number of hydrogen-bond acceptors (Lipinski definition) is 2. The van der Waals surface area contributed by atoms with E-state index in [9.17, 15) is 0 Å². The van der Waals surface area contributed by atoms with Gasteiger partial charge >= 0.3 is 0 Å². The molecular weight excluding hydrogens is 162 g/mol. The number of aliphatic hydroxyl groups excluding tert-OH is 1. The van der Waals surface area contributed by atoms with Crippen molar-refractivity contribution in [3.05, 3.63) is 0 Å². The first-order chi connectivity index (χ1) is 6.10. The van der Waals surface area contributed by atoms with Gasteiger partial charge in [0.1, 0.15) is 0 Å². The first kappa shape index (κ1) is 12.9. The van der Waals surface area contributed by atoms with Crippen molar-refractivity contribution in [3.8, 4) is 0 Å². The first-order valence-electron chi connectivity index (χ1n) is 5.47. The summed E-state index contributed by atoms with van der Waals surface area (Å²) in [5, 5.41) is 12.4. The van der Waals surface area contributed by atoms with Gasteiger partial charge in [0.05, 0.1) is 6.61 Å². The molecular formula is C11H25NO. The van der Waals surface area contributed by atoms with Crippen LogP contribution in [0.25, 0.3) is 0 Å². The van der Waals surface area contributed by atoms with Gasteiger partial charge in [-0.2, -0.15) is 0 Å². The standard InChI is InChI=1S/C11H25NO/c1-5-11(8-13)12-10(4)7-6-9(2)3/h9-13H,5-8H2,1-4H3/t10-,11-/m1/s1. The third-order valence-electron chi connectivity index (χ3n) is 2.41. The average molecular weight is 187 g/mol. The van der Waals surface area contributed by atoms with Gasteiger partial charge in [0, 0.05) is 12.1 Å². The SMILES string of the molecule is CC[C@H](CO)N[C@H](C)CCC(C)C. The highest BCUT2D eigenvalue weighted by atomic mass is 16.3. The molecule has 0 saturated carbocycles. The Balaban J connectivity index is 3.53. The van der Waals surface area contributed by atoms with Crippen molar-refractivity contribution < 1.29 is 5.11 Å². The molecule has 0 aliphatic heterocycles. The third kappa shape index (κ3) is 7.03. The molecule has 80 valence electrons. The molecule has 2 nitrogen and oxygen atoms in total. The monoisotopic (exact) mass is 187 g/mol. The molecule has 2 N–H and O–H groups in total. The second-order valence-electron chi connectivity index (χ2n) is 4.33. The Morgan fingerprint density at radius 2 is 1.77 bits per heavy atom. The van der Waals surface area contributed by atoms with E-state index >= 15 is 0 Å². The van der Waals surface area contributed by atoms with Crippen LogP contribution in [0.3, 0.4) is 0 Å². The Kier molecular flexibility index (Phi) is 7.29. The van der Waals surface area contributed by atoms with Gasteiger partial charge in [-0.1, -0.05) is 20.8 Å². The summed E-state index contributed by atoms with van der Waals surface area (Å²) in [5.41, 5.74) is 0. The van der Waals surface area contributed by atoms with Crippen LogP contribution in [0.5, 0.6) is 0 Å². The molecule has 0 aliphatic carbocycles. The lowest BCUT2D eigenvalue weighted by Gasteiger charge is -2.21. The van der Waals surface area contributed by atoms with Crippen molar-refractivity contribution >= 4 is 0 Å². The lowest BCUT2D eigenvalue weighted by atomic mass is 10.0. The van der Waals surface area contributed by atoms with E-state index in [4.69, 9.17) is 5.11 Å². The van der Waals surface area contributed by atoms with Crippen LogP contribution in [0.2, 0.25) is 0 Å². The molecule has 0 amide bonds. The van der Waals surface area contributed by atoms with Crippen molar-refractivity contribution in [1.82, 2.24) is 5.32 Å². The minimum absolute atomic E-state index is 0.252. The van der Waals surface area contributed by atoms with Crippen LogP contribution in [0.4, 0.5) is 0 Å². The van der Waals surface area contributed by atoms with Gasteiger partial charge in [0.25, 0.3) is 0 Å². The molecule has 0 fully saturated rings. The Morgan fingerprint density at radius 3 is 2.15 bits per heavy atom. The molecule has 0 aromatic carbocycles. The zero-order chi connectivity index (χ0) is 10.3. The Labute approximate surface area is 82.7 Å². The zero-order valence-electron chi connectivity index (χ0n) is 9.51. The quantitative estimate of drug-likeness (QED) is 0.640. The second kappa shape index (κ2) is 7.34. The summed E-state index contributed by atoms with van der Waals surface area (Å²) in [7, 11) is 0. The highest BCUT2D eigenvalue weighted by Gasteiger charge is 2.08. The predicted molar refractivity (Wildman–Crippen MR) is 57.8 cm³/mol. The summed E-state index contributed by atoms with van der Waals surface area (Å²) in [6, 6.07) is 0.807. The lowest BCUT2D eigenvalue weighted by Crippen LogP contribution is -2.38. The first-order valence-corrected chi connectivity index (χ1v) is 5.47. The van der Waals surface area contributed by atoms with E-state index in [1.807, 2.05) is 0 Å². The summed E-state index contributed by atoms with van der Waals surface area (Å²) >= 11 is 0. The van der Waals surface area contributed by atoms with Gasteiger partial charge in [0.15, 0.2) is 0 Å². The molecule has 0 aliphatic rings. The molecule has 0 bridgehead atoms. The average Bonchev–Trinajstić information content (AvgIpc) is 2.10. The van der Waals surface area contributed by atoms with E-state index < -0.39 is 0 Å². The van der Waals surface area contributed by atoms with Crippen LogP contribution in [0.15, 0.2) is 0 Å². The molecule has 0 unspecified atom stereocenters. The molecule has 0 radical (unpaired) electrons. The fraction of sp³-hybridized carbons (Fsp3) is 1.00. The van der Waals surface area contributed by atoms with E-state index in [1.165, 1.54) is 12.8 Å². The number of rotatable bonds is 7. The van der Waals surface area contributed by atoms with E-state index in [2.05, 4.69) is 33.0 Å². The molecule has 0 aromatic rings. The highest BCUT2D eigenvalue weighted by Crippen LogP contribution is 2.07. The normalized spacial score (nSPS) is 16.2. The maximum absolute atomic E-state index is 8.99. The molecule has 2 heteroatoms. The molecule has 0 aromatic heterocycles. The van der Waals surface area contributed by atoms with Crippen molar-refractivity contribution in [3.63, 3.8) is 0 Å². The van der Waals surface area contributed by atoms with Crippen molar-refractivity contribution in [2.24, 2.45) is 5.92 Å². The van der Waals surface area contributed by atoms with Crippen molar-refractivity contribution in [2.75, 3.05) is 6.61 Å². The molecule has 13 heavy (non-hydrogen) atoms. The van der Waals surface area contributed by atoms with Crippen molar-refractivity contribution in [1.29, 1.82) is 0 Å². The Bertz CT molecular complexity index is 111. The number of hydrogen-bond donors (Lipinski definition) is 2. The molecule has 0 heterocycles. The van der Waals surface area contributed by atoms with Gasteiger partial charge in [-0.05, 0) is 32.1 Å².